The highest BCUT2D eigenvalue weighted by molar-refractivity contribution is 6.31. The maximum Gasteiger partial charge on any atom is 0.412 e. The van der Waals surface area contributed by atoms with Gasteiger partial charge in [0.25, 0.3) is 5.91 Å². The molecule has 36 heavy (non-hydrogen) atoms. The van der Waals surface area contributed by atoms with Gasteiger partial charge in [0.15, 0.2) is 11.4 Å². The van der Waals surface area contributed by atoms with Crippen molar-refractivity contribution in [2.24, 2.45) is 0 Å². The lowest BCUT2D eigenvalue weighted by Crippen LogP contribution is -2.53. The van der Waals surface area contributed by atoms with Gasteiger partial charge in [-0.25, -0.2) is 13.9 Å². The van der Waals surface area contributed by atoms with Crippen molar-refractivity contribution in [3.05, 3.63) is 64.6 Å². The third kappa shape index (κ3) is 4.01. The molecule has 0 radical (unpaired) electrons. The molecule has 3 amide bonds. The van der Waals surface area contributed by atoms with E-state index in [1.54, 1.807) is 24.3 Å². The van der Waals surface area contributed by atoms with E-state index in [9.17, 15) is 14.4 Å². The van der Waals surface area contributed by atoms with E-state index in [0.717, 1.165) is 0 Å². The molecule has 4 N–H and O–H groups in total. The summed E-state index contributed by atoms with van der Waals surface area (Å²) in [5.41, 5.74) is 6.52. The Balaban J connectivity index is 1.46. The fourth-order valence-electron chi connectivity index (χ4n) is 4.76. The number of hydrogen-bond acceptors (Lipinski definition) is 6. The van der Waals surface area contributed by atoms with Crippen LogP contribution in [0.15, 0.2) is 42.6 Å². The van der Waals surface area contributed by atoms with Crippen molar-refractivity contribution in [3.63, 3.8) is 0 Å². The molecular formula is C24H22ClFN6O4. The number of nitrogens with one attached hydrogen (secondary N) is 2. The molecule has 1 aromatic heterocycles. The molecule has 0 unspecified atom stereocenters. The molecule has 2 aliphatic rings. The minimum atomic E-state index is -1.39. The van der Waals surface area contributed by atoms with Gasteiger partial charge in [0.1, 0.15) is 11.4 Å². The monoisotopic (exact) mass is 512 g/mol. The fraction of sp³-hybridized carbons (Fsp3) is 0.250. The second-order valence-electron chi connectivity index (χ2n) is 8.71. The number of amides is 3. The summed E-state index contributed by atoms with van der Waals surface area (Å²) in [6, 6.07) is 9.72. The highest BCUT2D eigenvalue weighted by atomic mass is 35.5. The Morgan fingerprint density at radius 3 is 2.89 bits per heavy atom. The van der Waals surface area contributed by atoms with E-state index in [2.05, 4.69) is 15.7 Å². The molecule has 1 fully saturated rings. The predicted molar refractivity (Wildman–Crippen MR) is 131 cm³/mol. The van der Waals surface area contributed by atoms with Crippen LogP contribution in [0, 0.1) is 5.82 Å². The van der Waals surface area contributed by atoms with Gasteiger partial charge in [-0.2, -0.15) is 5.10 Å². The summed E-state index contributed by atoms with van der Waals surface area (Å²) in [4.78, 5) is 38.7. The molecule has 0 aliphatic carbocycles. The van der Waals surface area contributed by atoms with E-state index in [-0.39, 0.29) is 40.1 Å². The molecule has 12 heteroatoms. The molecule has 10 nitrogen and oxygen atoms in total. The van der Waals surface area contributed by atoms with Crippen LogP contribution in [-0.2, 0) is 15.1 Å². The van der Waals surface area contributed by atoms with Gasteiger partial charge in [0.05, 0.1) is 34.7 Å². The largest absolute Gasteiger partial charge is 0.436 e. The van der Waals surface area contributed by atoms with E-state index < -0.39 is 23.4 Å². The molecule has 1 spiro atoms. The van der Waals surface area contributed by atoms with E-state index in [1.807, 2.05) is 0 Å². The van der Waals surface area contributed by atoms with Gasteiger partial charge in [-0.3, -0.25) is 14.9 Å². The average molecular weight is 513 g/mol. The summed E-state index contributed by atoms with van der Waals surface area (Å²) >= 11 is 6.03. The number of benzene rings is 2. The molecule has 0 saturated carbocycles. The van der Waals surface area contributed by atoms with Crippen molar-refractivity contribution < 1.29 is 23.5 Å². The van der Waals surface area contributed by atoms with Crippen LogP contribution in [0.3, 0.4) is 0 Å². The van der Waals surface area contributed by atoms with Crippen LogP contribution in [0.25, 0.3) is 5.69 Å². The second kappa shape index (κ2) is 8.83. The maximum absolute atomic E-state index is 15.1. The molecule has 3 aromatic rings. The van der Waals surface area contributed by atoms with Gasteiger partial charge >= 0.3 is 6.09 Å². The number of ether oxygens (including phenoxy) is 1. The first-order valence-corrected chi connectivity index (χ1v) is 11.6. The van der Waals surface area contributed by atoms with E-state index in [4.69, 9.17) is 22.1 Å². The van der Waals surface area contributed by atoms with Crippen molar-refractivity contribution in [3.8, 4) is 5.69 Å². The molecule has 5 rings (SSSR count). The first-order chi connectivity index (χ1) is 17.2. The van der Waals surface area contributed by atoms with Gasteiger partial charge in [0.2, 0.25) is 5.91 Å². The zero-order chi connectivity index (χ0) is 25.6. The number of anilines is 3. The third-order valence-corrected chi connectivity index (χ3v) is 6.56. The zero-order valence-corrected chi connectivity index (χ0v) is 19.9. The second-order valence-corrected chi connectivity index (χ2v) is 9.12. The van der Waals surface area contributed by atoms with Crippen LogP contribution >= 0.6 is 11.6 Å². The van der Waals surface area contributed by atoms with E-state index in [1.165, 1.54) is 34.8 Å². The number of fused-ring (bicyclic) bond motifs is 2. The van der Waals surface area contributed by atoms with Crippen molar-refractivity contribution in [1.82, 2.24) is 14.7 Å². The Hall–Kier alpha value is -4.12. The number of likely N-dealkylation sites (tertiary alicyclic amines) is 1. The highest BCUT2D eigenvalue weighted by Crippen LogP contribution is 2.45. The lowest BCUT2D eigenvalue weighted by molar-refractivity contribution is -0.114. The lowest BCUT2D eigenvalue weighted by Gasteiger charge is -2.45. The number of nitrogen functional groups attached to an aromatic ring is 1. The smallest absolute Gasteiger partial charge is 0.412 e. The number of nitrogens with two attached hydrogens (primary N) is 1. The third-order valence-electron chi connectivity index (χ3n) is 6.27. The van der Waals surface area contributed by atoms with Crippen LogP contribution in [-0.4, -0.2) is 45.7 Å². The summed E-state index contributed by atoms with van der Waals surface area (Å²) in [6.45, 7) is 1.67. The van der Waals surface area contributed by atoms with Crippen LogP contribution in [0.5, 0.6) is 0 Å². The maximum atomic E-state index is 15.1. The first kappa shape index (κ1) is 23.6. The number of hydrogen-bond donors (Lipinski definition) is 3. The molecule has 1 saturated heterocycles. The Morgan fingerprint density at radius 1 is 1.31 bits per heavy atom. The summed E-state index contributed by atoms with van der Waals surface area (Å²) in [5, 5.41) is 9.34. The SMILES string of the molecule is CC(=O)Nc1cccc(-n2ncc(C(=O)N3CCC[C@@]4(C3)OC(=O)Nc3ccc(Cl)c(F)c34)c2N)c1. The number of aromatic nitrogens is 2. The number of halogens is 2. The Morgan fingerprint density at radius 2 is 2.11 bits per heavy atom. The molecule has 3 heterocycles. The van der Waals surface area contributed by atoms with E-state index in [0.29, 0.717) is 30.8 Å². The summed E-state index contributed by atoms with van der Waals surface area (Å²) in [7, 11) is 0. The van der Waals surface area contributed by atoms with Crippen molar-refractivity contribution in [2.75, 3.05) is 29.5 Å². The molecule has 186 valence electrons. The minimum absolute atomic E-state index is 0.0772. The van der Waals surface area contributed by atoms with Crippen molar-refractivity contribution in [1.29, 1.82) is 0 Å². The quantitative estimate of drug-likeness (QED) is 0.487. The van der Waals surface area contributed by atoms with Gasteiger partial charge < -0.3 is 20.7 Å². The molecule has 2 aliphatic heterocycles. The number of piperidine rings is 1. The fourth-order valence-corrected chi connectivity index (χ4v) is 4.92. The summed E-state index contributed by atoms with van der Waals surface area (Å²) in [6.07, 6.45) is 1.39. The van der Waals surface area contributed by atoms with Crippen LogP contribution < -0.4 is 16.4 Å². The summed E-state index contributed by atoms with van der Waals surface area (Å²) in [5.74, 6) is -1.27. The molecular weight excluding hydrogens is 491 g/mol. The Bertz CT molecular complexity index is 1410. The average Bonchev–Trinajstić information content (AvgIpc) is 3.21. The minimum Gasteiger partial charge on any atom is -0.436 e. The molecule has 2 aromatic carbocycles. The van der Waals surface area contributed by atoms with Crippen LogP contribution in [0.2, 0.25) is 5.02 Å². The normalized spacial score (nSPS) is 18.9. The van der Waals surface area contributed by atoms with Crippen molar-refractivity contribution in [2.45, 2.75) is 25.4 Å². The van der Waals surface area contributed by atoms with E-state index >= 15 is 4.39 Å². The number of carbonyl (C=O) groups excluding carboxylic acids is 3. The Kier molecular flexibility index (Phi) is 5.79. The number of nitrogens with zero attached hydrogens (tertiary/aromatic N) is 3. The van der Waals surface area contributed by atoms with Crippen molar-refractivity contribution >= 4 is 46.7 Å². The standard InChI is InChI=1S/C24H22ClFN6O4/c1-13(33)29-14-4-2-5-15(10-14)32-21(27)16(11-28-32)22(34)31-9-3-8-24(12-31)19-18(30-23(35)36-24)7-6-17(25)20(19)26/h2,4-7,10-11H,3,8-9,12,27H2,1H3,(H,29,33)(H,30,35)/t24-/m0/s1. The molecule has 0 bridgehead atoms. The lowest BCUT2D eigenvalue weighted by atomic mass is 9.83. The predicted octanol–water partition coefficient (Wildman–Crippen LogP) is 3.90. The van der Waals surface area contributed by atoms with Gasteiger partial charge in [0, 0.05) is 19.2 Å². The zero-order valence-electron chi connectivity index (χ0n) is 19.2. The topological polar surface area (TPSA) is 132 Å². The van der Waals surface area contributed by atoms with Gasteiger partial charge in [-0.05, 0) is 43.2 Å². The van der Waals surface area contributed by atoms with Gasteiger partial charge in [-0.15, -0.1) is 0 Å². The number of carbonyl (C=O) groups is 3. The number of rotatable bonds is 3. The summed E-state index contributed by atoms with van der Waals surface area (Å²) < 4.78 is 22.1. The van der Waals surface area contributed by atoms with Crippen LogP contribution in [0.4, 0.5) is 26.4 Å². The van der Waals surface area contributed by atoms with Crippen LogP contribution in [0.1, 0.15) is 35.7 Å². The Labute approximate surface area is 210 Å². The molecule has 1 atom stereocenters. The first-order valence-electron chi connectivity index (χ1n) is 11.2. The van der Waals surface area contributed by atoms with Gasteiger partial charge in [-0.1, -0.05) is 17.7 Å². The highest BCUT2D eigenvalue weighted by Gasteiger charge is 2.48.